The number of nitrogens with zero attached hydrogens (tertiary/aromatic N) is 3. The molecule has 1 saturated heterocycles. The molecule has 0 saturated carbocycles. The Balaban J connectivity index is 1.59. The SMILES string of the molecule is FC(F)(F)c1cccc(CNC2CCCN(c3cccnn3)C2)c1. The van der Waals surface area contributed by atoms with E-state index in [4.69, 9.17) is 0 Å². The molecule has 2 heterocycles. The van der Waals surface area contributed by atoms with Crippen LogP contribution in [-0.4, -0.2) is 29.3 Å². The highest BCUT2D eigenvalue weighted by atomic mass is 19.4. The van der Waals surface area contributed by atoms with Gasteiger partial charge in [0.2, 0.25) is 0 Å². The van der Waals surface area contributed by atoms with Crippen molar-refractivity contribution >= 4 is 5.82 Å². The Hall–Kier alpha value is -2.15. The largest absolute Gasteiger partial charge is 0.416 e. The lowest BCUT2D eigenvalue weighted by molar-refractivity contribution is -0.137. The van der Waals surface area contributed by atoms with Gasteiger partial charge in [-0.15, -0.1) is 5.10 Å². The van der Waals surface area contributed by atoms with Crippen molar-refractivity contribution in [1.82, 2.24) is 15.5 Å². The molecule has 1 unspecified atom stereocenters. The Morgan fingerprint density at radius 1 is 1.21 bits per heavy atom. The van der Waals surface area contributed by atoms with Gasteiger partial charge in [-0.05, 0) is 36.6 Å². The molecule has 24 heavy (non-hydrogen) atoms. The van der Waals surface area contributed by atoms with Gasteiger partial charge in [-0.2, -0.15) is 18.3 Å². The number of hydrogen-bond acceptors (Lipinski definition) is 4. The van der Waals surface area contributed by atoms with Crippen molar-refractivity contribution in [2.24, 2.45) is 0 Å². The van der Waals surface area contributed by atoms with E-state index in [1.54, 1.807) is 12.3 Å². The summed E-state index contributed by atoms with van der Waals surface area (Å²) in [6.45, 7) is 2.11. The van der Waals surface area contributed by atoms with Gasteiger partial charge in [-0.1, -0.05) is 18.2 Å². The summed E-state index contributed by atoms with van der Waals surface area (Å²) in [5, 5.41) is 11.4. The minimum Gasteiger partial charge on any atom is -0.354 e. The van der Waals surface area contributed by atoms with Crippen LogP contribution in [0.3, 0.4) is 0 Å². The third kappa shape index (κ3) is 4.23. The minimum atomic E-state index is -4.30. The van der Waals surface area contributed by atoms with Crippen LogP contribution in [0.5, 0.6) is 0 Å². The number of nitrogens with one attached hydrogen (secondary N) is 1. The van der Waals surface area contributed by atoms with Gasteiger partial charge in [0.25, 0.3) is 0 Å². The van der Waals surface area contributed by atoms with Crippen LogP contribution in [0.1, 0.15) is 24.0 Å². The van der Waals surface area contributed by atoms with Crippen LogP contribution in [0.25, 0.3) is 0 Å². The molecular formula is C17H19F3N4. The van der Waals surface area contributed by atoms with Crippen LogP contribution in [0, 0.1) is 0 Å². The Labute approximate surface area is 138 Å². The Morgan fingerprint density at radius 2 is 2.08 bits per heavy atom. The van der Waals surface area contributed by atoms with E-state index >= 15 is 0 Å². The van der Waals surface area contributed by atoms with Crippen molar-refractivity contribution < 1.29 is 13.2 Å². The molecule has 1 aromatic heterocycles. The Kier molecular flexibility index (Phi) is 4.99. The maximum Gasteiger partial charge on any atom is 0.416 e. The summed E-state index contributed by atoms with van der Waals surface area (Å²) < 4.78 is 38.3. The van der Waals surface area contributed by atoms with Gasteiger partial charge < -0.3 is 10.2 Å². The fourth-order valence-electron chi connectivity index (χ4n) is 2.93. The van der Waals surface area contributed by atoms with Crippen LogP contribution in [0.4, 0.5) is 19.0 Å². The van der Waals surface area contributed by atoms with Crippen LogP contribution in [0.2, 0.25) is 0 Å². The summed E-state index contributed by atoms with van der Waals surface area (Å²) in [5.74, 6) is 0.836. The molecule has 0 aliphatic carbocycles. The lowest BCUT2D eigenvalue weighted by Crippen LogP contribution is -2.45. The Morgan fingerprint density at radius 3 is 2.83 bits per heavy atom. The molecule has 0 radical (unpaired) electrons. The number of aromatic nitrogens is 2. The standard InChI is InChI=1S/C17H19F3N4/c18-17(19,20)14-5-1-4-13(10-14)11-21-15-6-3-9-24(12-15)16-7-2-8-22-23-16/h1-2,4-5,7-8,10,15,21H,3,6,9,11-12H2. The van der Waals surface area contributed by atoms with Crippen molar-refractivity contribution in [2.45, 2.75) is 31.6 Å². The molecule has 1 atom stereocenters. The molecule has 7 heteroatoms. The molecule has 1 N–H and O–H groups in total. The van der Waals surface area contributed by atoms with Crippen molar-refractivity contribution in [3.63, 3.8) is 0 Å². The predicted molar refractivity (Wildman–Crippen MR) is 85.6 cm³/mol. The van der Waals surface area contributed by atoms with Crippen LogP contribution in [0.15, 0.2) is 42.6 Å². The molecule has 0 bridgehead atoms. The second kappa shape index (κ2) is 7.17. The molecule has 3 rings (SSSR count). The number of piperidine rings is 1. The van der Waals surface area contributed by atoms with Crippen molar-refractivity contribution in [3.05, 3.63) is 53.7 Å². The second-order valence-electron chi connectivity index (χ2n) is 5.95. The molecule has 4 nitrogen and oxygen atoms in total. The molecule has 0 amide bonds. The zero-order valence-electron chi connectivity index (χ0n) is 13.1. The summed E-state index contributed by atoms with van der Waals surface area (Å²) in [6, 6.07) is 9.45. The fraction of sp³-hybridized carbons (Fsp3) is 0.412. The van der Waals surface area contributed by atoms with Crippen LogP contribution in [-0.2, 0) is 12.7 Å². The van der Waals surface area contributed by atoms with Gasteiger partial charge in [-0.3, -0.25) is 0 Å². The average molecular weight is 336 g/mol. The van der Waals surface area contributed by atoms with Gasteiger partial charge in [0.1, 0.15) is 0 Å². The van der Waals surface area contributed by atoms with Gasteiger partial charge in [-0.25, -0.2) is 0 Å². The first kappa shape index (κ1) is 16.7. The summed E-state index contributed by atoms with van der Waals surface area (Å²) in [5.41, 5.74) is 0.0353. The summed E-state index contributed by atoms with van der Waals surface area (Å²) in [4.78, 5) is 2.15. The zero-order chi connectivity index (χ0) is 17.0. The maximum atomic E-state index is 12.8. The van der Waals surface area contributed by atoms with E-state index in [0.717, 1.165) is 37.8 Å². The number of rotatable bonds is 4. The minimum absolute atomic E-state index is 0.218. The van der Waals surface area contributed by atoms with E-state index in [0.29, 0.717) is 12.1 Å². The highest BCUT2D eigenvalue weighted by Crippen LogP contribution is 2.29. The number of halogens is 3. The normalized spacial score (nSPS) is 18.6. The molecule has 1 aliphatic heterocycles. The van der Waals surface area contributed by atoms with Gasteiger partial charge >= 0.3 is 6.18 Å². The van der Waals surface area contributed by atoms with Gasteiger partial charge in [0.05, 0.1) is 5.56 Å². The van der Waals surface area contributed by atoms with E-state index in [9.17, 15) is 13.2 Å². The second-order valence-corrected chi connectivity index (χ2v) is 5.95. The monoisotopic (exact) mass is 336 g/mol. The lowest BCUT2D eigenvalue weighted by atomic mass is 10.0. The average Bonchev–Trinajstić information content (AvgIpc) is 2.61. The molecule has 0 spiro atoms. The fourth-order valence-corrected chi connectivity index (χ4v) is 2.93. The topological polar surface area (TPSA) is 41.0 Å². The maximum absolute atomic E-state index is 12.8. The van der Waals surface area contributed by atoms with E-state index in [1.807, 2.05) is 12.1 Å². The quantitative estimate of drug-likeness (QED) is 0.930. The summed E-state index contributed by atoms with van der Waals surface area (Å²) >= 11 is 0. The van der Waals surface area contributed by atoms with Crippen molar-refractivity contribution in [1.29, 1.82) is 0 Å². The van der Waals surface area contributed by atoms with Crippen LogP contribution < -0.4 is 10.2 Å². The van der Waals surface area contributed by atoms with E-state index in [-0.39, 0.29) is 6.04 Å². The van der Waals surface area contributed by atoms with Crippen molar-refractivity contribution in [2.75, 3.05) is 18.0 Å². The first-order chi connectivity index (χ1) is 11.5. The number of benzene rings is 1. The third-order valence-electron chi connectivity index (χ3n) is 4.15. The molecule has 1 fully saturated rings. The zero-order valence-corrected chi connectivity index (χ0v) is 13.1. The van der Waals surface area contributed by atoms with E-state index in [1.165, 1.54) is 12.1 Å². The molecular weight excluding hydrogens is 317 g/mol. The highest BCUT2D eigenvalue weighted by molar-refractivity contribution is 5.37. The Bertz CT molecular complexity index is 660. The highest BCUT2D eigenvalue weighted by Gasteiger charge is 2.30. The lowest BCUT2D eigenvalue weighted by Gasteiger charge is -2.33. The number of alkyl halides is 3. The van der Waals surface area contributed by atoms with Crippen molar-refractivity contribution in [3.8, 4) is 0 Å². The number of anilines is 1. The molecule has 128 valence electrons. The first-order valence-electron chi connectivity index (χ1n) is 7.94. The van der Waals surface area contributed by atoms with Gasteiger partial charge in [0, 0.05) is 31.9 Å². The van der Waals surface area contributed by atoms with E-state index < -0.39 is 11.7 Å². The molecule has 1 aromatic carbocycles. The molecule has 1 aliphatic rings. The third-order valence-corrected chi connectivity index (χ3v) is 4.15. The summed E-state index contributed by atoms with van der Waals surface area (Å²) in [7, 11) is 0. The number of hydrogen-bond donors (Lipinski definition) is 1. The summed E-state index contributed by atoms with van der Waals surface area (Å²) in [6.07, 6.45) is -0.660. The first-order valence-corrected chi connectivity index (χ1v) is 7.94. The predicted octanol–water partition coefficient (Wildman–Crippen LogP) is 3.25. The van der Waals surface area contributed by atoms with Gasteiger partial charge in [0.15, 0.2) is 5.82 Å². The molecule has 2 aromatic rings. The van der Waals surface area contributed by atoms with Crippen LogP contribution >= 0.6 is 0 Å². The smallest absolute Gasteiger partial charge is 0.354 e. The van der Waals surface area contributed by atoms with E-state index in [2.05, 4.69) is 20.4 Å².